The minimum Gasteiger partial charge on any atom is -0.493 e. The number of amides is 2. The van der Waals surface area contributed by atoms with Crippen molar-refractivity contribution in [1.82, 2.24) is 5.32 Å². The number of nitrogens with one attached hydrogen (secondary N) is 2. The molecular weight excluding hydrogens is 316 g/mol. The largest absolute Gasteiger partial charge is 0.493 e. The van der Waals surface area contributed by atoms with Crippen molar-refractivity contribution in [3.8, 4) is 5.75 Å². The number of carbonyl (C=O) groups is 2. The molecule has 0 unspecified atom stereocenters. The first-order valence-electron chi connectivity index (χ1n) is 8.41. The molecule has 132 valence electrons. The molecule has 0 fully saturated rings. The third kappa shape index (κ3) is 5.08. The zero-order chi connectivity index (χ0) is 18.2. The molecule has 0 aliphatic rings. The number of para-hydroxylation sites is 2. The lowest BCUT2D eigenvalue weighted by Gasteiger charge is -2.22. The Morgan fingerprint density at radius 3 is 2.28 bits per heavy atom. The highest BCUT2D eigenvalue weighted by Crippen LogP contribution is 2.18. The molecule has 0 saturated carbocycles. The first-order chi connectivity index (χ1) is 12.0. The van der Waals surface area contributed by atoms with Gasteiger partial charge in [0.25, 0.3) is 5.91 Å². The van der Waals surface area contributed by atoms with E-state index in [-0.39, 0.29) is 17.7 Å². The van der Waals surface area contributed by atoms with Crippen LogP contribution in [0.25, 0.3) is 0 Å². The van der Waals surface area contributed by atoms with Gasteiger partial charge in [0.1, 0.15) is 11.8 Å². The summed E-state index contributed by atoms with van der Waals surface area (Å²) < 4.78 is 5.49. The van der Waals surface area contributed by atoms with E-state index in [0.29, 0.717) is 23.6 Å². The molecule has 0 aliphatic carbocycles. The summed E-state index contributed by atoms with van der Waals surface area (Å²) in [5.74, 6) is -0.130. The number of carbonyl (C=O) groups excluding carboxylic acids is 2. The smallest absolute Gasteiger partial charge is 0.255 e. The van der Waals surface area contributed by atoms with E-state index >= 15 is 0 Å². The number of benzene rings is 2. The van der Waals surface area contributed by atoms with Crippen LogP contribution in [0.4, 0.5) is 5.69 Å². The van der Waals surface area contributed by atoms with Crippen molar-refractivity contribution < 1.29 is 14.3 Å². The van der Waals surface area contributed by atoms with E-state index in [1.165, 1.54) is 0 Å². The number of hydrogen-bond donors (Lipinski definition) is 2. The fraction of sp³-hybridized carbons (Fsp3) is 0.300. The van der Waals surface area contributed by atoms with Gasteiger partial charge < -0.3 is 15.4 Å². The molecule has 0 aromatic heterocycles. The summed E-state index contributed by atoms with van der Waals surface area (Å²) in [5.41, 5.74) is 1.12. The minimum atomic E-state index is -0.651. The number of anilines is 1. The second-order valence-electron chi connectivity index (χ2n) is 5.98. The Kier molecular flexibility index (Phi) is 6.57. The van der Waals surface area contributed by atoms with Gasteiger partial charge in [0, 0.05) is 5.69 Å². The molecule has 2 aromatic carbocycles. The minimum absolute atomic E-state index is 0.0630. The van der Waals surface area contributed by atoms with Crippen molar-refractivity contribution in [2.75, 3.05) is 11.9 Å². The summed E-state index contributed by atoms with van der Waals surface area (Å²) in [6.07, 6.45) is 0. The Bertz CT molecular complexity index is 714. The maximum Gasteiger partial charge on any atom is 0.255 e. The van der Waals surface area contributed by atoms with Crippen LogP contribution in [0.5, 0.6) is 5.75 Å². The van der Waals surface area contributed by atoms with Crippen LogP contribution in [0.2, 0.25) is 0 Å². The Balaban J connectivity index is 2.13. The SMILES string of the molecule is CCOc1ccccc1C(=O)N[C@@H](C(=O)Nc1ccccc1)C(C)C. The highest BCUT2D eigenvalue weighted by molar-refractivity contribution is 6.02. The summed E-state index contributed by atoms with van der Waals surface area (Å²) in [5, 5.41) is 5.66. The zero-order valence-electron chi connectivity index (χ0n) is 14.8. The summed E-state index contributed by atoms with van der Waals surface area (Å²) in [6.45, 7) is 6.11. The summed E-state index contributed by atoms with van der Waals surface area (Å²) >= 11 is 0. The highest BCUT2D eigenvalue weighted by Gasteiger charge is 2.25. The van der Waals surface area contributed by atoms with Gasteiger partial charge in [-0.15, -0.1) is 0 Å². The predicted molar refractivity (Wildman–Crippen MR) is 98.8 cm³/mol. The monoisotopic (exact) mass is 340 g/mol. The average molecular weight is 340 g/mol. The molecule has 0 spiro atoms. The second kappa shape index (κ2) is 8.87. The Labute approximate surface area is 148 Å². The topological polar surface area (TPSA) is 67.4 Å². The van der Waals surface area contributed by atoms with Crippen LogP contribution in [-0.2, 0) is 4.79 Å². The van der Waals surface area contributed by atoms with Gasteiger partial charge >= 0.3 is 0 Å². The number of ether oxygens (including phenoxy) is 1. The fourth-order valence-electron chi connectivity index (χ4n) is 2.43. The van der Waals surface area contributed by atoms with Crippen molar-refractivity contribution in [1.29, 1.82) is 0 Å². The molecule has 0 bridgehead atoms. The summed E-state index contributed by atoms with van der Waals surface area (Å²) in [7, 11) is 0. The molecule has 0 saturated heterocycles. The molecule has 25 heavy (non-hydrogen) atoms. The average Bonchev–Trinajstić information content (AvgIpc) is 2.60. The van der Waals surface area contributed by atoms with Gasteiger partial charge in [-0.05, 0) is 37.1 Å². The lowest BCUT2D eigenvalue weighted by Crippen LogP contribution is -2.47. The van der Waals surface area contributed by atoms with Gasteiger partial charge in [-0.2, -0.15) is 0 Å². The van der Waals surface area contributed by atoms with Crippen LogP contribution in [0.15, 0.2) is 54.6 Å². The molecule has 0 heterocycles. The number of rotatable bonds is 7. The quantitative estimate of drug-likeness (QED) is 0.811. The van der Waals surface area contributed by atoms with E-state index in [2.05, 4.69) is 10.6 Å². The van der Waals surface area contributed by atoms with Gasteiger partial charge in [-0.3, -0.25) is 9.59 Å². The third-order valence-electron chi connectivity index (χ3n) is 3.71. The molecule has 2 aromatic rings. The Hall–Kier alpha value is -2.82. The first-order valence-corrected chi connectivity index (χ1v) is 8.41. The maximum absolute atomic E-state index is 12.6. The van der Waals surface area contributed by atoms with E-state index in [4.69, 9.17) is 4.74 Å². The van der Waals surface area contributed by atoms with Gasteiger partial charge in [0.15, 0.2) is 0 Å². The van der Waals surface area contributed by atoms with Gasteiger partial charge in [0.2, 0.25) is 5.91 Å². The van der Waals surface area contributed by atoms with E-state index < -0.39 is 6.04 Å². The lowest BCUT2D eigenvalue weighted by molar-refractivity contribution is -0.118. The Morgan fingerprint density at radius 2 is 1.64 bits per heavy atom. The van der Waals surface area contributed by atoms with Crippen molar-refractivity contribution in [3.05, 3.63) is 60.2 Å². The Morgan fingerprint density at radius 1 is 1.00 bits per heavy atom. The zero-order valence-corrected chi connectivity index (χ0v) is 14.8. The number of hydrogen-bond acceptors (Lipinski definition) is 3. The van der Waals surface area contributed by atoms with E-state index in [9.17, 15) is 9.59 Å². The molecule has 2 rings (SSSR count). The normalized spacial score (nSPS) is 11.7. The van der Waals surface area contributed by atoms with Gasteiger partial charge in [-0.1, -0.05) is 44.2 Å². The van der Waals surface area contributed by atoms with E-state index in [0.717, 1.165) is 0 Å². The molecule has 2 N–H and O–H groups in total. The van der Waals surface area contributed by atoms with Crippen LogP contribution in [0.3, 0.4) is 0 Å². The first kappa shape index (κ1) is 18.5. The van der Waals surface area contributed by atoms with E-state index in [1.54, 1.807) is 18.2 Å². The molecule has 5 nitrogen and oxygen atoms in total. The van der Waals surface area contributed by atoms with Gasteiger partial charge in [0.05, 0.1) is 12.2 Å². The molecule has 0 aliphatic heterocycles. The van der Waals surface area contributed by atoms with Crippen molar-refractivity contribution in [2.45, 2.75) is 26.8 Å². The third-order valence-corrected chi connectivity index (χ3v) is 3.71. The van der Waals surface area contributed by atoms with Crippen LogP contribution in [0, 0.1) is 5.92 Å². The highest BCUT2D eigenvalue weighted by atomic mass is 16.5. The standard InChI is InChI=1S/C20H24N2O3/c1-4-25-17-13-9-8-12-16(17)19(23)22-18(14(2)3)20(24)21-15-10-6-5-7-11-15/h5-14,18H,4H2,1-3H3,(H,21,24)(H,22,23)/t18-/m1/s1. The van der Waals surface area contributed by atoms with Crippen LogP contribution in [0.1, 0.15) is 31.1 Å². The fourth-order valence-corrected chi connectivity index (χ4v) is 2.43. The predicted octanol–water partition coefficient (Wildman–Crippen LogP) is 3.48. The van der Waals surface area contributed by atoms with Crippen molar-refractivity contribution >= 4 is 17.5 Å². The molecular formula is C20H24N2O3. The summed E-state index contributed by atoms with van der Waals surface area (Å²) in [6, 6.07) is 15.5. The molecule has 1 atom stereocenters. The summed E-state index contributed by atoms with van der Waals surface area (Å²) in [4.78, 5) is 25.2. The van der Waals surface area contributed by atoms with Crippen LogP contribution >= 0.6 is 0 Å². The van der Waals surface area contributed by atoms with Crippen LogP contribution in [-0.4, -0.2) is 24.5 Å². The van der Waals surface area contributed by atoms with E-state index in [1.807, 2.05) is 57.2 Å². The molecule has 2 amide bonds. The van der Waals surface area contributed by atoms with Crippen molar-refractivity contribution in [3.63, 3.8) is 0 Å². The molecule has 5 heteroatoms. The lowest BCUT2D eigenvalue weighted by atomic mass is 10.0. The molecule has 0 radical (unpaired) electrons. The second-order valence-corrected chi connectivity index (χ2v) is 5.98. The van der Waals surface area contributed by atoms with Crippen LogP contribution < -0.4 is 15.4 Å². The van der Waals surface area contributed by atoms with Crippen molar-refractivity contribution in [2.24, 2.45) is 5.92 Å². The van der Waals surface area contributed by atoms with Gasteiger partial charge in [-0.25, -0.2) is 0 Å². The maximum atomic E-state index is 12.6.